The number of carbonyl (C=O) groups is 1. The fourth-order valence-electron chi connectivity index (χ4n) is 2.70. The van der Waals surface area contributed by atoms with E-state index in [-0.39, 0.29) is 5.91 Å². The number of rotatable bonds is 4. The second-order valence-electron chi connectivity index (χ2n) is 5.49. The third-order valence-corrected chi connectivity index (χ3v) is 4.06. The second kappa shape index (κ2) is 5.73. The number of nitrogens with one attached hydrogen (secondary N) is 1. The van der Waals surface area contributed by atoms with Gasteiger partial charge in [-0.05, 0) is 32.2 Å². The molecule has 2 aromatic rings. The van der Waals surface area contributed by atoms with Gasteiger partial charge >= 0.3 is 0 Å². The first kappa shape index (κ1) is 13.9. The lowest BCUT2D eigenvalue weighted by molar-refractivity contribution is 0.0920. The van der Waals surface area contributed by atoms with E-state index >= 15 is 0 Å². The van der Waals surface area contributed by atoms with E-state index in [0.717, 1.165) is 19.6 Å². The van der Waals surface area contributed by atoms with Gasteiger partial charge in [0.1, 0.15) is 5.69 Å². The molecule has 1 unspecified atom stereocenters. The van der Waals surface area contributed by atoms with Crippen molar-refractivity contribution in [2.45, 2.75) is 32.6 Å². The van der Waals surface area contributed by atoms with Crippen LogP contribution in [0.2, 0.25) is 0 Å². The van der Waals surface area contributed by atoms with Crippen molar-refractivity contribution in [1.29, 1.82) is 0 Å². The summed E-state index contributed by atoms with van der Waals surface area (Å²) in [5, 5.41) is 7.21. The van der Waals surface area contributed by atoms with Crippen LogP contribution in [0.15, 0.2) is 30.6 Å². The van der Waals surface area contributed by atoms with Gasteiger partial charge in [-0.1, -0.05) is 0 Å². The van der Waals surface area contributed by atoms with Crippen LogP contribution in [-0.4, -0.2) is 44.8 Å². The minimum Gasteiger partial charge on any atom is -0.349 e. The molecule has 0 fully saturated rings. The van der Waals surface area contributed by atoms with Gasteiger partial charge in [0.25, 0.3) is 5.91 Å². The monoisotopic (exact) mass is 287 g/mol. The number of carbonyl (C=O) groups excluding carboxylic acids is 1. The van der Waals surface area contributed by atoms with Crippen LogP contribution < -0.4 is 5.32 Å². The van der Waals surface area contributed by atoms with Crippen LogP contribution in [0.3, 0.4) is 0 Å². The third kappa shape index (κ3) is 2.85. The highest BCUT2D eigenvalue weighted by atomic mass is 16.1. The highest BCUT2D eigenvalue weighted by molar-refractivity contribution is 5.92. The number of likely N-dealkylation sites (N-methyl/N-ethyl adjacent to an activating group) is 1. The smallest absolute Gasteiger partial charge is 0.271 e. The summed E-state index contributed by atoms with van der Waals surface area (Å²) in [6.07, 6.45) is 3.92. The van der Waals surface area contributed by atoms with Crippen molar-refractivity contribution in [3.05, 3.63) is 42.0 Å². The highest BCUT2D eigenvalue weighted by Crippen LogP contribution is 2.16. The third-order valence-electron chi connectivity index (χ3n) is 4.06. The van der Waals surface area contributed by atoms with E-state index in [1.54, 1.807) is 10.7 Å². The molecule has 1 atom stereocenters. The van der Waals surface area contributed by atoms with Gasteiger partial charge in [-0.3, -0.25) is 14.4 Å². The van der Waals surface area contributed by atoms with Gasteiger partial charge in [0.2, 0.25) is 0 Å². The SMILES string of the molecule is CCn1ccc(C(=O)NCC2Cn3cccc3CN2C)n1. The zero-order valence-electron chi connectivity index (χ0n) is 12.5. The van der Waals surface area contributed by atoms with Crippen LogP contribution in [0.4, 0.5) is 0 Å². The first-order valence-corrected chi connectivity index (χ1v) is 7.33. The number of fused-ring (bicyclic) bond motifs is 1. The molecule has 1 amide bonds. The lowest BCUT2D eigenvalue weighted by Gasteiger charge is -2.34. The molecule has 112 valence electrons. The maximum atomic E-state index is 12.1. The average molecular weight is 287 g/mol. The van der Waals surface area contributed by atoms with Crippen molar-refractivity contribution in [2.24, 2.45) is 0 Å². The zero-order chi connectivity index (χ0) is 14.8. The predicted molar refractivity (Wildman–Crippen MR) is 79.9 cm³/mol. The van der Waals surface area contributed by atoms with Gasteiger partial charge in [0.05, 0.1) is 0 Å². The quantitative estimate of drug-likeness (QED) is 0.911. The van der Waals surface area contributed by atoms with Crippen LogP contribution in [0.5, 0.6) is 0 Å². The standard InChI is InChI=1S/C15H21N5O/c1-3-20-8-6-14(17-20)15(21)16-9-13-11-19-7-4-5-12(19)10-18(13)2/h4-8,13H,3,9-11H2,1-2H3,(H,16,21). The molecule has 21 heavy (non-hydrogen) atoms. The molecule has 1 aliphatic heterocycles. The Morgan fingerprint density at radius 3 is 3.05 bits per heavy atom. The summed E-state index contributed by atoms with van der Waals surface area (Å²) >= 11 is 0. The molecule has 1 N–H and O–H groups in total. The van der Waals surface area contributed by atoms with Crippen LogP contribution in [0.1, 0.15) is 23.1 Å². The molecule has 3 heterocycles. The zero-order valence-corrected chi connectivity index (χ0v) is 12.5. The van der Waals surface area contributed by atoms with Gasteiger partial charge in [-0.25, -0.2) is 0 Å². The average Bonchev–Trinajstić information content (AvgIpc) is 3.12. The molecule has 6 heteroatoms. The predicted octanol–water partition coefficient (Wildman–Crippen LogP) is 0.948. The number of aryl methyl sites for hydroxylation is 1. The van der Waals surface area contributed by atoms with Crippen molar-refractivity contribution in [1.82, 2.24) is 24.6 Å². The van der Waals surface area contributed by atoms with Gasteiger partial charge < -0.3 is 9.88 Å². The summed E-state index contributed by atoms with van der Waals surface area (Å²) in [6.45, 7) is 5.22. The molecule has 0 aromatic carbocycles. The molecule has 2 aromatic heterocycles. The summed E-state index contributed by atoms with van der Waals surface area (Å²) < 4.78 is 4.01. The summed E-state index contributed by atoms with van der Waals surface area (Å²) in [5.41, 5.74) is 1.80. The first-order valence-electron chi connectivity index (χ1n) is 7.33. The Labute approximate surface area is 124 Å². The summed E-state index contributed by atoms with van der Waals surface area (Å²) in [5.74, 6) is -0.103. The van der Waals surface area contributed by atoms with Crippen LogP contribution in [0, 0.1) is 0 Å². The molecule has 6 nitrogen and oxygen atoms in total. The van der Waals surface area contributed by atoms with E-state index in [9.17, 15) is 4.79 Å². The normalized spacial score (nSPS) is 18.5. The Kier molecular flexibility index (Phi) is 3.79. The molecule has 3 rings (SSSR count). The van der Waals surface area contributed by atoms with Crippen LogP contribution >= 0.6 is 0 Å². The van der Waals surface area contributed by atoms with Crippen LogP contribution in [0.25, 0.3) is 0 Å². The Bertz CT molecular complexity index is 630. The van der Waals surface area contributed by atoms with Crippen molar-refractivity contribution >= 4 is 5.91 Å². The lowest BCUT2D eigenvalue weighted by atomic mass is 10.2. The Morgan fingerprint density at radius 1 is 1.43 bits per heavy atom. The van der Waals surface area contributed by atoms with Gasteiger partial charge in [-0.2, -0.15) is 5.10 Å². The molecule has 0 radical (unpaired) electrons. The minimum atomic E-state index is -0.103. The molecule has 0 aliphatic carbocycles. The largest absolute Gasteiger partial charge is 0.349 e. The molecular formula is C15H21N5O. The molecule has 1 aliphatic rings. The van der Waals surface area contributed by atoms with Crippen LogP contribution in [-0.2, 0) is 19.6 Å². The van der Waals surface area contributed by atoms with Gasteiger partial charge in [0.15, 0.2) is 0 Å². The maximum absolute atomic E-state index is 12.1. The number of nitrogens with zero attached hydrogens (tertiary/aromatic N) is 4. The fourth-order valence-corrected chi connectivity index (χ4v) is 2.70. The van der Waals surface area contributed by atoms with Crippen molar-refractivity contribution < 1.29 is 4.79 Å². The Balaban J connectivity index is 1.59. The summed E-state index contributed by atoms with van der Waals surface area (Å²) in [6, 6.07) is 6.28. The number of amides is 1. The Hall–Kier alpha value is -2.08. The van der Waals surface area contributed by atoms with E-state index in [1.165, 1.54) is 5.69 Å². The summed E-state index contributed by atoms with van der Waals surface area (Å²) in [7, 11) is 2.10. The number of hydrogen-bond acceptors (Lipinski definition) is 3. The molecule has 0 saturated heterocycles. The summed E-state index contributed by atoms with van der Waals surface area (Å²) in [4.78, 5) is 14.4. The molecule has 0 saturated carbocycles. The van der Waals surface area contributed by atoms with E-state index in [4.69, 9.17) is 0 Å². The lowest BCUT2D eigenvalue weighted by Crippen LogP contribution is -2.47. The minimum absolute atomic E-state index is 0.103. The van der Waals surface area contributed by atoms with Crippen molar-refractivity contribution in [3.63, 3.8) is 0 Å². The number of aromatic nitrogens is 3. The second-order valence-corrected chi connectivity index (χ2v) is 5.49. The highest BCUT2D eigenvalue weighted by Gasteiger charge is 2.23. The maximum Gasteiger partial charge on any atom is 0.271 e. The topological polar surface area (TPSA) is 55.1 Å². The molecular weight excluding hydrogens is 266 g/mol. The number of hydrogen-bond donors (Lipinski definition) is 1. The van der Waals surface area contributed by atoms with Crippen molar-refractivity contribution in [2.75, 3.05) is 13.6 Å². The van der Waals surface area contributed by atoms with E-state index in [1.807, 2.05) is 13.1 Å². The van der Waals surface area contributed by atoms with Gasteiger partial charge in [0, 0.05) is 50.3 Å². The first-order chi connectivity index (χ1) is 10.2. The van der Waals surface area contributed by atoms with Crippen molar-refractivity contribution in [3.8, 4) is 0 Å². The van der Waals surface area contributed by atoms with E-state index in [2.05, 4.69) is 45.3 Å². The van der Waals surface area contributed by atoms with E-state index in [0.29, 0.717) is 18.3 Å². The Morgan fingerprint density at radius 2 is 2.29 bits per heavy atom. The molecule has 0 spiro atoms. The fraction of sp³-hybridized carbons (Fsp3) is 0.467. The molecule has 0 bridgehead atoms. The van der Waals surface area contributed by atoms with Gasteiger partial charge in [-0.15, -0.1) is 0 Å². The van der Waals surface area contributed by atoms with E-state index < -0.39 is 0 Å².